The highest BCUT2D eigenvalue weighted by Gasteiger charge is 2.29. The Morgan fingerprint density at radius 1 is 1.38 bits per heavy atom. The van der Waals surface area contributed by atoms with Gasteiger partial charge in [0.2, 0.25) is 0 Å². The highest BCUT2D eigenvalue weighted by atomic mass is 127. The monoisotopic (exact) mass is 475 g/mol. The summed E-state index contributed by atoms with van der Waals surface area (Å²) >= 11 is 0. The third kappa shape index (κ3) is 5.93. The molecule has 1 aromatic carbocycles. The fourth-order valence-electron chi connectivity index (χ4n) is 3.84. The summed E-state index contributed by atoms with van der Waals surface area (Å²) < 4.78 is 5.12. The molecule has 0 aromatic heterocycles. The number of nitrogens with zero attached hydrogens (tertiary/aromatic N) is 2. The van der Waals surface area contributed by atoms with Gasteiger partial charge < -0.3 is 20.1 Å². The van der Waals surface area contributed by atoms with Crippen molar-refractivity contribution >= 4 is 29.9 Å². The summed E-state index contributed by atoms with van der Waals surface area (Å²) in [5, 5.41) is 13.5. The molecule has 0 radical (unpaired) electrons. The second-order valence-corrected chi connectivity index (χ2v) is 6.79. The molecule has 1 saturated heterocycles. The Kier molecular flexibility index (Phi) is 10.1. The van der Waals surface area contributed by atoms with Gasteiger partial charge in [0.25, 0.3) is 0 Å². The molecule has 1 fully saturated rings. The maximum absolute atomic E-state index is 10.1. The molecule has 0 spiro atoms. The van der Waals surface area contributed by atoms with Crippen LogP contribution in [-0.2, 0) is 6.42 Å². The number of guanidine groups is 1. The molecule has 5 nitrogen and oxygen atoms in total. The van der Waals surface area contributed by atoms with E-state index in [2.05, 4.69) is 29.1 Å². The molecular weight excluding hydrogens is 441 g/mol. The number of aliphatic imine (C=N–C) groups is 1. The van der Waals surface area contributed by atoms with Crippen molar-refractivity contribution in [3.05, 3.63) is 23.8 Å². The maximum atomic E-state index is 10.1. The number of phenols is 1. The van der Waals surface area contributed by atoms with Crippen molar-refractivity contribution in [2.24, 2.45) is 16.8 Å². The zero-order valence-corrected chi connectivity index (χ0v) is 18.8. The van der Waals surface area contributed by atoms with Gasteiger partial charge in [0.05, 0.1) is 7.11 Å². The summed E-state index contributed by atoms with van der Waals surface area (Å²) in [5.74, 6) is 3.53. The molecule has 148 valence electrons. The van der Waals surface area contributed by atoms with Crippen LogP contribution in [0.2, 0.25) is 0 Å². The lowest BCUT2D eigenvalue weighted by atomic mass is 9.87. The number of benzene rings is 1. The van der Waals surface area contributed by atoms with Gasteiger partial charge in [-0.25, -0.2) is 0 Å². The van der Waals surface area contributed by atoms with Gasteiger partial charge in [-0.15, -0.1) is 24.0 Å². The number of ether oxygens (including phenoxy) is 1. The Labute approximate surface area is 175 Å². The van der Waals surface area contributed by atoms with E-state index in [1.54, 1.807) is 13.2 Å². The van der Waals surface area contributed by atoms with E-state index in [0.29, 0.717) is 5.75 Å². The Bertz CT molecular complexity index is 576. The lowest BCUT2D eigenvalue weighted by Gasteiger charge is -2.24. The van der Waals surface area contributed by atoms with Crippen molar-refractivity contribution in [2.75, 3.05) is 33.8 Å². The number of likely N-dealkylation sites (tertiary alicyclic amines) is 1. The first-order valence-electron chi connectivity index (χ1n) is 9.44. The van der Waals surface area contributed by atoms with E-state index in [4.69, 9.17) is 4.74 Å². The van der Waals surface area contributed by atoms with Gasteiger partial charge in [-0.2, -0.15) is 0 Å². The van der Waals surface area contributed by atoms with Crippen molar-refractivity contribution in [1.82, 2.24) is 10.2 Å². The van der Waals surface area contributed by atoms with Crippen molar-refractivity contribution < 1.29 is 9.84 Å². The van der Waals surface area contributed by atoms with Gasteiger partial charge in [0.1, 0.15) is 11.5 Å². The van der Waals surface area contributed by atoms with E-state index < -0.39 is 0 Å². The Morgan fingerprint density at radius 3 is 2.69 bits per heavy atom. The van der Waals surface area contributed by atoms with Crippen LogP contribution in [0.3, 0.4) is 0 Å². The second-order valence-electron chi connectivity index (χ2n) is 6.79. The fourth-order valence-corrected chi connectivity index (χ4v) is 3.84. The van der Waals surface area contributed by atoms with Crippen LogP contribution in [-0.4, -0.2) is 49.8 Å². The highest BCUT2D eigenvalue weighted by molar-refractivity contribution is 14.0. The Balaban J connectivity index is 0.00000338. The van der Waals surface area contributed by atoms with E-state index in [-0.39, 0.29) is 29.7 Å². The molecule has 26 heavy (non-hydrogen) atoms. The molecule has 0 saturated carbocycles. The molecule has 0 aliphatic carbocycles. The summed E-state index contributed by atoms with van der Waals surface area (Å²) in [6.45, 7) is 7.52. The Hall–Kier alpha value is -1.18. The Morgan fingerprint density at radius 2 is 2.12 bits per heavy atom. The van der Waals surface area contributed by atoms with Crippen molar-refractivity contribution in [2.45, 2.75) is 39.5 Å². The molecule has 1 unspecified atom stereocenters. The van der Waals surface area contributed by atoms with E-state index in [0.717, 1.165) is 49.4 Å². The molecule has 1 heterocycles. The fraction of sp³-hybridized carbons (Fsp3) is 0.650. The lowest BCUT2D eigenvalue weighted by Crippen LogP contribution is -2.41. The number of hydrogen-bond donors (Lipinski definition) is 2. The number of rotatable bonds is 7. The molecule has 2 N–H and O–H groups in total. The van der Waals surface area contributed by atoms with Gasteiger partial charge >= 0.3 is 0 Å². The average Bonchev–Trinajstić information content (AvgIpc) is 3.10. The molecule has 1 aliphatic rings. The zero-order chi connectivity index (χ0) is 18.2. The van der Waals surface area contributed by atoms with Crippen molar-refractivity contribution in [3.8, 4) is 11.5 Å². The molecule has 6 heteroatoms. The van der Waals surface area contributed by atoms with Gasteiger partial charge in [0.15, 0.2) is 5.96 Å². The predicted octanol–water partition coefficient (Wildman–Crippen LogP) is 3.89. The standard InChI is InChI=1S/C20H33N3O2.HI/c1-5-15(6-2)17-10-12-23(14-17)20(21-3)22-11-9-16-7-8-18(25-4)13-19(16)24;/h7-8,13,15,17,24H,5-6,9-12,14H2,1-4H3,(H,21,22);1H. The minimum absolute atomic E-state index is 0. The largest absolute Gasteiger partial charge is 0.508 e. The van der Waals surface area contributed by atoms with Crippen LogP contribution >= 0.6 is 24.0 Å². The topological polar surface area (TPSA) is 57.1 Å². The minimum Gasteiger partial charge on any atom is -0.508 e. The number of halogens is 1. The van der Waals surface area contributed by atoms with Crippen LogP contribution < -0.4 is 10.1 Å². The van der Waals surface area contributed by atoms with E-state index >= 15 is 0 Å². The van der Waals surface area contributed by atoms with Crippen LogP contribution in [0.25, 0.3) is 0 Å². The smallest absolute Gasteiger partial charge is 0.193 e. The summed E-state index contributed by atoms with van der Waals surface area (Å²) in [7, 11) is 3.45. The SMILES string of the molecule is CCC(CC)C1CCN(C(=NC)NCCc2ccc(OC)cc2O)C1.I. The average molecular weight is 475 g/mol. The first-order valence-corrected chi connectivity index (χ1v) is 9.44. The third-order valence-electron chi connectivity index (χ3n) is 5.42. The minimum atomic E-state index is 0. The molecular formula is C20H34IN3O2. The van der Waals surface area contributed by atoms with Crippen LogP contribution in [0, 0.1) is 11.8 Å². The number of methoxy groups -OCH3 is 1. The van der Waals surface area contributed by atoms with Gasteiger partial charge in [-0.05, 0) is 36.3 Å². The first kappa shape index (κ1) is 22.9. The van der Waals surface area contributed by atoms with Gasteiger partial charge in [0, 0.05) is 32.7 Å². The molecule has 1 aliphatic heterocycles. The van der Waals surface area contributed by atoms with E-state index in [1.807, 2.05) is 19.2 Å². The first-order chi connectivity index (χ1) is 12.1. The normalized spacial score (nSPS) is 17.3. The summed E-state index contributed by atoms with van der Waals surface area (Å²) in [6.07, 6.45) is 4.53. The number of aromatic hydroxyl groups is 1. The number of hydrogen-bond acceptors (Lipinski definition) is 3. The zero-order valence-electron chi connectivity index (χ0n) is 16.5. The maximum Gasteiger partial charge on any atom is 0.193 e. The molecule has 1 aromatic rings. The summed E-state index contributed by atoms with van der Waals surface area (Å²) in [4.78, 5) is 6.82. The molecule has 0 amide bonds. The third-order valence-corrected chi connectivity index (χ3v) is 5.42. The highest BCUT2D eigenvalue weighted by Crippen LogP contribution is 2.28. The van der Waals surface area contributed by atoms with Crippen LogP contribution in [0.15, 0.2) is 23.2 Å². The van der Waals surface area contributed by atoms with Crippen LogP contribution in [0.5, 0.6) is 11.5 Å². The number of nitrogens with one attached hydrogen (secondary N) is 1. The van der Waals surface area contributed by atoms with E-state index in [9.17, 15) is 5.11 Å². The van der Waals surface area contributed by atoms with E-state index in [1.165, 1.54) is 19.3 Å². The summed E-state index contributed by atoms with van der Waals surface area (Å²) in [6, 6.07) is 5.45. The molecule has 2 rings (SSSR count). The second kappa shape index (κ2) is 11.5. The van der Waals surface area contributed by atoms with Crippen molar-refractivity contribution in [1.29, 1.82) is 0 Å². The quantitative estimate of drug-likeness (QED) is 0.357. The lowest BCUT2D eigenvalue weighted by molar-refractivity contribution is 0.319. The predicted molar refractivity (Wildman–Crippen MR) is 119 cm³/mol. The summed E-state index contributed by atoms with van der Waals surface area (Å²) in [5.41, 5.74) is 0.917. The van der Waals surface area contributed by atoms with Crippen LogP contribution in [0.4, 0.5) is 0 Å². The van der Waals surface area contributed by atoms with Gasteiger partial charge in [-0.3, -0.25) is 4.99 Å². The molecule has 0 bridgehead atoms. The van der Waals surface area contributed by atoms with Crippen LogP contribution in [0.1, 0.15) is 38.7 Å². The number of phenolic OH excluding ortho intramolecular Hbond substituents is 1. The molecule has 1 atom stereocenters. The van der Waals surface area contributed by atoms with Gasteiger partial charge in [-0.1, -0.05) is 32.8 Å². The van der Waals surface area contributed by atoms with Crippen molar-refractivity contribution in [3.63, 3.8) is 0 Å².